The van der Waals surface area contributed by atoms with Crippen LogP contribution >= 0.6 is 0 Å². The van der Waals surface area contributed by atoms with Crippen molar-refractivity contribution in [3.8, 4) is 0 Å². The molecule has 0 aromatic heterocycles. The predicted molar refractivity (Wildman–Crippen MR) is 277 cm³/mol. The highest BCUT2D eigenvalue weighted by Gasteiger charge is 2.30. The molecule has 0 spiro atoms. The van der Waals surface area contributed by atoms with Gasteiger partial charge in [0.1, 0.15) is 26.4 Å². The van der Waals surface area contributed by atoms with Crippen molar-refractivity contribution in [3.63, 3.8) is 0 Å². The van der Waals surface area contributed by atoms with Crippen molar-refractivity contribution in [2.75, 3.05) is 108 Å². The Morgan fingerprint density at radius 1 is 0.305 bits per heavy atom. The van der Waals surface area contributed by atoms with E-state index < -0.39 is 106 Å². The fourth-order valence-corrected chi connectivity index (χ4v) is 6.50. The van der Waals surface area contributed by atoms with Gasteiger partial charge < -0.3 is 75.8 Å². The summed E-state index contributed by atoms with van der Waals surface area (Å²) < 4.78 is 79.7. The zero-order valence-corrected chi connectivity index (χ0v) is 47.5. The van der Waals surface area contributed by atoms with Gasteiger partial charge in [0.15, 0.2) is 12.2 Å². The summed E-state index contributed by atoms with van der Waals surface area (Å²) >= 11 is 0. The van der Waals surface area contributed by atoms with Crippen LogP contribution in [0, 0.1) is 0 Å². The first-order valence-electron chi connectivity index (χ1n) is 26.7. The number of carbonyl (C=O) groups is 12. The number of carbonyl (C=O) groups excluding carboxylic acids is 12. The summed E-state index contributed by atoms with van der Waals surface area (Å²) in [6.45, 7) is 1.93. The summed E-state index contributed by atoms with van der Waals surface area (Å²) in [6, 6.07) is 1.84. The highest BCUT2D eigenvalue weighted by atomic mass is 16.8. The minimum atomic E-state index is -1.19. The molecule has 28 nitrogen and oxygen atoms in total. The third-order valence-corrected chi connectivity index (χ3v) is 10.8. The van der Waals surface area contributed by atoms with Crippen molar-refractivity contribution in [2.24, 2.45) is 0 Å². The number of esters is 10. The van der Waals surface area contributed by atoms with Gasteiger partial charge in [-0.1, -0.05) is 0 Å². The molecule has 0 fully saturated rings. The Morgan fingerprint density at radius 2 is 0.561 bits per heavy atom. The third-order valence-electron chi connectivity index (χ3n) is 10.8. The zero-order valence-electron chi connectivity index (χ0n) is 47.5. The van der Waals surface area contributed by atoms with Crippen LogP contribution in [-0.2, 0) is 105 Å². The quantitative estimate of drug-likeness (QED) is 0.0339. The Balaban J connectivity index is 3.29. The number of hydrogen-bond donors (Lipinski definition) is 0. The van der Waals surface area contributed by atoms with E-state index in [2.05, 4.69) is 9.47 Å². The summed E-state index contributed by atoms with van der Waals surface area (Å²) in [7, 11) is 5.65. The van der Waals surface area contributed by atoms with Crippen LogP contribution in [0.1, 0.15) is 158 Å². The SMILES string of the molecule is COCCOC(=O)OC(=O)CCCCCOC(=O)c1cc(C(=O)OCCCCCC(=O)OC(C)C(=O)OCCOC)c(C(=O)OCCCCCC(=O)OC(C)C(=O)OCCOC)cc1C(=O)OCCCCCC(=O)OC(=O)OCCOC. The lowest BCUT2D eigenvalue weighted by Gasteiger charge is -2.15. The van der Waals surface area contributed by atoms with Gasteiger partial charge in [0.05, 0.1) is 75.1 Å². The van der Waals surface area contributed by atoms with Crippen molar-refractivity contribution in [2.45, 2.75) is 129 Å². The average molecular weight is 1180 g/mol. The van der Waals surface area contributed by atoms with E-state index in [0.29, 0.717) is 25.7 Å². The summed E-state index contributed by atoms with van der Waals surface area (Å²) in [4.78, 5) is 151. The average Bonchev–Trinajstić information content (AvgIpc) is 3.49. The first kappa shape index (κ1) is 72.7. The highest BCUT2D eigenvalue weighted by Crippen LogP contribution is 2.23. The minimum absolute atomic E-state index is 0.0201. The molecular weight excluding hydrogens is 1100 g/mol. The third kappa shape index (κ3) is 34.1. The Bertz CT molecular complexity index is 2020. The number of benzene rings is 1. The summed E-state index contributed by atoms with van der Waals surface area (Å²) in [5, 5.41) is 0. The molecular formula is C54H78O28. The molecule has 82 heavy (non-hydrogen) atoms. The topological polar surface area (TPSA) is 353 Å². The molecule has 0 aliphatic heterocycles. The van der Waals surface area contributed by atoms with E-state index in [0.717, 1.165) is 12.1 Å². The van der Waals surface area contributed by atoms with E-state index >= 15 is 0 Å². The lowest BCUT2D eigenvalue weighted by molar-refractivity contribution is -0.167. The van der Waals surface area contributed by atoms with Crippen molar-refractivity contribution >= 4 is 72.0 Å². The fourth-order valence-electron chi connectivity index (χ4n) is 6.50. The van der Waals surface area contributed by atoms with Crippen molar-refractivity contribution in [1.29, 1.82) is 0 Å². The van der Waals surface area contributed by atoms with Gasteiger partial charge in [0.25, 0.3) is 0 Å². The molecule has 28 heteroatoms. The van der Waals surface area contributed by atoms with Gasteiger partial charge in [0, 0.05) is 54.1 Å². The summed E-state index contributed by atoms with van der Waals surface area (Å²) in [6.07, 6.45) is -2.21. The molecule has 0 saturated carbocycles. The number of ether oxygens (including phenoxy) is 16. The maximum Gasteiger partial charge on any atom is 0.516 e. The van der Waals surface area contributed by atoms with Crippen molar-refractivity contribution in [3.05, 3.63) is 34.4 Å². The molecule has 1 rings (SSSR count). The van der Waals surface area contributed by atoms with Gasteiger partial charge in [-0.25, -0.2) is 38.4 Å². The normalized spacial score (nSPS) is 11.4. The molecule has 0 aliphatic carbocycles. The molecule has 0 amide bonds. The molecule has 0 bridgehead atoms. The van der Waals surface area contributed by atoms with Gasteiger partial charge in [-0.05, 0) is 103 Å². The standard InChI is InChI=1S/C54H78O28/c1-37(47(59)75-31-27-67-3)79-43(55)19-11-7-15-23-71-49(61)39-35-41(51(63)73-25-17-9-13-21-45(57)81-53(65)77-33-29-69-5)42(52(64)74-26-18-10-14-22-46(58)82-54(66)78-34-30-70-6)36-40(39)50(62)72-24-16-8-12-20-44(56)80-38(2)48(60)76-32-28-68-4/h35-38H,7-34H2,1-6H3. The van der Waals surface area contributed by atoms with Crippen LogP contribution in [0.25, 0.3) is 0 Å². The lowest BCUT2D eigenvalue weighted by atomic mass is 9.97. The summed E-state index contributed by atoms with van der Waals surface area (Å²) in [5.74, 6) is -9.04. The van der Waals surface area contributed by atoms with Crippen LogP contribution in [0.15, 0.2) is 12.1 Å². The summed E-state index contributed by atoms with van der Waals surface area (Å²) in [5.41, 5.74) is -2.03. The maximum atomic E-state index is 13.8. The molecule has 0 saturated heterocycles. The van der Waals surface area contributed by atoms with Gasteiger partial charge in [-0.2, -0.15) is 0 Å². The molecule has 1 aromatic carbocycles. The van der Waals surface area contributed by atoms with Gasteiger partial charge >= 0.3 is 72.0 Å². The lowest BCUT2D eigenvalue weighted by Crippen LogP contribution is -2.27. The largest absolute Gasteiger partial charge is 0.516 e. The molecule has 2 atom stereocenters. The Kier molecular flexibility index (Phi) is 40.2. The number of methoxy groups -OCH3 is 4. The van der Waals surface area contributed by atoms with Crippen LogP contribution in [0.5, 0.6) is 0 Å². The maximum absolute atomic E-state index is 13.8. The van der Waals surface area contributed by atoms with Crippen LogP contribution in [0.4, 0.5) is 9.59 Å². The smallest absolute Gasteiger partial charge is 0.462 e. The van der Waals surface area contributed by atoms with Crippen LogP contribution < -0.4 is 0 Å². The molecule has 0 radical (unpaired) electrons. The van der Waals surface area contributed by atoms with Gasteiger partial charge in [-0.3, -0.25) is 19.2 Å². The second-order valence-electron chi connectivity index (χ2n) is 17.4. The van der Waals surface area contributed by atoms with Crippen molar-refractivity contribution < 1.29 is 133 Å². The van der Waals surface area contributed by atoms with E-state index in [1.807, 2.05) is 0 Å². The van der Waals surface area contributed by atoms with Crippen LogP contribution in [0.2, 0.25) is 0 Å². The molecule has 2 unspecified atom stereocenters. The number of hydrogen-bond acceptors (Lipinski definition) is 28. The number of rotatable bonds is 44. The predicted octanol–water partition coefficient (Wildman–Crippen LogP) is 5.45. The van der Waals surface area contributed by atoms with E-state index in [-0.39, 0.29) is 156 Å². The molecule has 0 aliphatic rings. The molecule has 0 N–H and O–H groups in total. The highest BCUT2D eigenvalue weighted by molar-refractivity contribution is 6.10. The monoisotopic (exact) mass is 1170 g/mol. The van der Waals surface area contributed by atoms with Crippen LogP contribution in [-0.4, -0.2) is 192 Å². The first-order chi connectivity index (χ1) is 39.4. The second-order valence-corrected chi connectivity index (χ2v) is 17.4. The van der Waals surface area contributed by atoms with Gasteiger partial charge in [0.2, 0.25) is 0 Å². The van der Waals surface area contributed by atoms with E-state index in [4.69, 9.17) is 66.3 Å². The Morgan fingerprint density at radius 3 is 0.829 bits per heavy atom. The van der Waals surface area contributed by atoms with E-state index in [1.54, 1.807) is 0 Å². The van der Waals surface area contributed by atoms with Gasteiger partial charge in [-0.15, -0.1) is 0 Å². The fraction of sp³-hybridized carbons (Fsp3) is 0.667. The Hall–Kier alpha value is -7.30. The second kappa shape index (κ2) is 45.3. The van der Waals surface area contributed by atoms with E-state index in [1.165, 1.54) is 42.3 Å². The van der Waals surface area contributed by atoms with Crippen molar-refractivity contribution in [1.82, 2.24) is 0 Å². The molecule has 1 aromatic rings. The molecule has 462 valence electrons. The molecule has 0 heterocycles. The Labute approximate surface area is 475 Å². The minimum Gasteiger partial charge on any atom is -0.462 e. The number of unbranched alkanes of at least 4 members (excludes halogenated alkanes) is 8. The van der Waals surface area contributed by atoms with E-state index in [9.17, 15) is 57.5 Å². The zero-order chi connectivity index (χ0) is 60.9. The van der Waals surface area contributed by atoms with Crippen LogP contribution in [0.3, 0.4) is 0 Å². The first-order valence-corrected chi connectivity index (χ1v) is 26.7.